The van der Waals surface area contributed by atoms with Crippen LogP contribution in [0.1, 0.15) is 26.7 Å². The predicted molar refractivity (Wildman–Crippen MR) is 53.2 cm³/mol. The van der Waals surface area contributed by atoms with E-state index in [2.05, 4.69) is 13.8 Å². The van der Waals surface area contributed by atoms with Gasteiger partial charge in [0.2, 0.25) is 5.91 Å². The fourth-order valence-electron chi connectivity index (χ4n) is 2.24. The van der Waals surface area contributed by atoms with Crippen molar-refractivity contribution in [1.29, 1.82) is 0 Å². The largest absolute Gasteiger partial charge is 0.345 e. The molecule has 1 aliphatic rings. The maximum atomic E-state index is 11.8. The Hall–Kier alpha value is -0.570. The van der Waals surface area contributed by atoms with Crippen LogP contribution in [0.2, 0.25) is 0 Å². The fourth-order valence-corrected chi connectivity index (χ4v) is 2.24. The Morgan fingerprint density at radius 3 is 2.54 bits per heavy atom. The third-order valence-electron chi connectivity index (χ3n) is 2.92. The highest BCUT2D eigenvalue weighted by Gasteiger charge is 2.44. The highest BCUT2D eigenvalue weighted by Crippen LogP contribution is 2.36. The fraction of sp³-hybridized carbons (Fsp3) is 0.900. The van der Waals surface area contributed by atoms with Gasteiger partial charge < -0.3 is 10.6 Å². The SMILES string of the molecule is CC(C)CC1(CN)CCN(C)C1=O. The lowest BCUT2D eigenvalue weighted by Crippen LogP contribution is -2.39. The van der Waals surface area contributed by atoms with Crippen molar-refractivity contribution >= 4 is 5.91 Å². The highest BCUT2D eigenvalue weighted by atomic mass is 16.2. The standard InChI is InChI=1S/C10H20N2O/c1-8(2)6-10(7-11)4-5-12(3)9(10)13/h8H,4-7,11H2,1-3H3. The van der Waals surface area contributed by atoms with E-state index in [9.17, 15) is 4.79 Å². The van der Waals surface area contributed by atoms with Crippen LogP contribution in [0.25, 0.3) is 0 Å². The first kappa shape index (κ1) is 10.5. The summed E-state index contributed by atoms with van der Waals surface area (Å²) in [4.78, 5) is 13.6. The third kappa shape index (κ3) is 1.85. The summed E-state index contributed by atoms with van der Waals surface area (Å²) in [6, 6.07) is 0. The molecule has 1 heterocycles. The predicted octanol–water partition coefficient (Wildman–Crippen LogP) is 0.840. The zero-order valence-electron chi connectivity index (χ0n) is 8.84. The number of hydrogen-bond donors (Lipinski definition) is 1. The Bertz CT molecular complexity index is 203. The van der Waals surface area contributed by atoms with Gasteiger partial charge in [-0.1, -0.05) is 13.8 Å². The van der Waals surface area contributed by atoms with Crippen molar-refractivity contribution < 1.29 is 4.79 Å². The third-order valence-corrected chi connectivity index (χ3v) is 2.92. The number of rotatable bonds is 3. The Morgan fingerprint density at radius 1 is 1.62 bits per heavy atom. The number of amides is 1. The van der Waals surface area contributed by atoms with Crippen LogP contribution in [0.15, 0.2) is 0 Å². The van der Waals surface area contributed by atoms with Gasteiger partial charge >= 0.3 is 0 Å². The topological polar surface area (TPSA) is 46.3 Å². The van der Waals surface area contributed by atoms with Gasteiger partial charge in [0.05, 0.1) is 5.41 Å². The molecule has 76 valence electrons. The van der Waals surface area contributed by atoms with Crippen LogP contribution in [0.5, 0.6) is 0 Å². The zero-order valence-corrected chi connectivity index (χ0v) is 8.84. The molecular weight excluding hydrogens is 164 g/mol. The molecule has 0 aromatic heterocycles. The molecule has 0 aliphatic carbocycles. The van der Waals surface area contributed by atoms with E-state index in [4.69, 9.17) is 5.73 Å². The minimum absolute atomic E-state index is 0.240. The van der Waals surface area contributed by atoms with Crippen molar-refractivity contribution in [2.45, 2.75) is 26.7 Å². The zero-order chi connectivity index (χ0) is 10.1. The van der Waals surface area contributed by atoms with Crippen molar-refractivity contribution in [2.75, 3.05) is 20.1 Å². The molecule has 0 radical (unpaired) electrons. The minimum atomic E-state index is -0.247. The van der Waals surface area contributed by atoms with Crippen LogP contribution in [0, 0.1) is 11.3 Å². The van der Waals surface area contributed by atoms with E-state index < -0.39 is 0 Å². The second-order valence-corrected chi connectivity index (χ2v) is 4.56. The molecule has 1 amide bonds. The van der Waals surface area contributed by atoms with E-state index in [1.54, 1.807) is 4.90 Å². The van der Waals surface area contributed by atoms with Gasteiger partial charge in [0, 0.05) is 20.1 Å². The summed E-state index contributed by atoms with van der Waals surface area (Å²) < 4.78 is 0. The van der Waals surface area contributed by atoms with Crippen LogP contribution in [0.4, 0.5) is 0 Å². The monoisotopic (exact) mass is 184 g/mol. The molecule has 1 aliphatic heterocycles. The van der Waals surface area contributed by atoms with Gasteiger partial charge in [-0.15, -0.1) is 0 Å². The van der Waals surface area contributed by atoms with Crippen molar-refractivity contribution in [2.24, 2.45) is 17.1 Å². The first-order valence-corrected chi connectivity index (χ1v) is 4.97. The summed E-state index contributed by atoms with van der Waals surface area (Å²) in [5.74, 6) is 0.780. The van der Waals surface area contributed by atoms with Gasteiger partial charge in [-0.25, -0.2) is 0 Å². The summed E-state index contributed by atoms with van der Waals surface area (Å²) in [5, 5.41) is 0. The Morgan fingerprint density at radius 2 is 2.23 bits per heavy atom. The van der Waals surface area contributed by atoms with Crippen molar-refractivity contribution in [1.82, 2.24) is 4.90 Å². The molecule has 0 spiro atoms. The molecule has 1 unspecified atom stereocenters. The van der Waals surface area contributed by atoms with Crippen LogP contribution < -0.4 is 5.73 Å². The molecule has 0 saturated carbocycles. The van der Waals surface area contributed by atoms with Crippen molar-refractivity contribution in [3.63, 3.8) is 0 Å². The first-order chi connectivity index (χ1) is 6.02. The van der Waals surface area contributed by atoms with E-state index in [-0.39, 0.29) is 11.3 Å². The van der Waals surface area contributed by atoms with Crippen LogP contribution in [-0.4, -0.2) is 30.9 Å². The van der Waals surface area contributed by atoms with Crippen LogP contribution in [0.3, 0.4) is 0 Å². The van der Waals surface area contributed by atoms with Gasteiger partial charge in [-0.05, 0) is 18.8 Å². The molecule has 13 heavy (non-hydrogen) atoms. The molecular formula is C10H20N2O. The Labute approximate surface area is 80.3 Å². The van der Waals surface area contributed by atoms with Gasteiger partial charge in [0.15, 0.2) is 0 Å². The van der Waals surface area contributed by atoms with Crippen LogP contribution in [-0.2, 0) is 4.79 Å². The van der Waals surface area contributed by atoms with Crippen LogP contribution >= 0.6 is 0 Å². The molecule has 3 nitrogen and oxygen atoms in total. The highest BCUT2D eigenvalue weighted by molar-refractivity contribution is 5.84. The van der Waals surface area contributed by atoms with E-state index in [1.165, 1.54) is 0 Å². The number of hydrogen-bond acceptors (Lipinski definition) is 2. The summed E-state index contributed by atoms with van der Waals surface area (Å²) in [7, 11) is 1.86. The summed E-state index contributed by atoms with van der Waals surface area (Å²) in [6.45, 7) is 5.64. The lowest BCUT2D eigenvalue weighted by molar-refractivity contribution is -0.135. The summed E-state index contributed by atoms with van der Waals surface area (Å²) in [5.41, 5.74) is 5.48. The van der Waals surface area contributed by atoms with Gasteiger partial charge in [-0.2, -0.15) is 0 Å². The number of carbonyl (C=O) groups is 1. The van der Waals surface area contributed by atoms with E-state index >= 15 is 0 Å². The quantitative estimate of drug-likeness (QED) is 0.706. The molecule has 1 atom stereocenters. The Kier molecular flexibility index (Phi) is 2.96. The van der Waals surface area contributed by atoms with E-state index in [0.717, 1.165) is 19.4 Å². The molecule has 1 saturated heterocycles. The van der Waals surface area contributed by atoms with Gasteiger partial charge in [-0.3, -0.25) is 4.79 Å². The maximum Gasteiger partial charge on any atom is 0.229 e. The van der Waals surface area contributed by atoms with E-state index in [1.807, 2.05) is 7.05 Å². The normalized spacial score (nSPS) is 29.0. The molecule has 0 aromatic rings. The van der Waals surface area contributed by atoms with Gasteiger partial charge in [0.25, 0.3) is 0 Å². The van der Waals surface area contributed by atoms with Crippen molar-refractivity contribution in [3.8, 4) is 0 Å². The number of nitrogens with zero attached hydrogens (tertiary/aromatic N) is 1. The second-order valence-electron chi connectivity index (χ2n) is 4.56. The minimum Gasteiger partial charge on any atom is -0.345 e. The van der Waals surface area contributed by atoms with Crippen molar-refractivity contribution in [3.05, 3.63) is 0 Å². The maximum absolute atomic E-state index is 11.8. The lowest BCUT2D eigenvalue weighted by atomic mass is 9.79. The number of likely N-dealkylation sites (tertiary alicyclic amines) is 1. The second kappa shape index (κ2) is 3.66. The summed E-state index contributed by atoms with van der Waals surface area (Å²) >= 11 is 0. The van der Waals surface area contributed by atoms with Gasteiger partial charge in [0.1, 0.15) is 0 Å². The Balaban J connectivity index is 2.76. The average molecular weight is 184 g/mol. The number of nitrogens with two attached hydrogens (primary N) is 1. The molecule has 0 bridgehead atoms. The molecule has 0 aromatic carbocycles. The lowest BCUT2D eigenvalue weighted by Gasteiger charge is -2.27. The molecule has 3 heteroatoms. The molecule has 1 rings (SSSR count). The molecule has 1 fully saturated rings. The first-order valence-electron chi connectivity index (χ1n) is 4.97. The van der Waals surface area contributed by atoms with E-state index in [0.29, 0.717) is 12.5 Å². The average Bonchev–Trinajstić information content (AvgIpc) is 2.33. The smallest absolute Gasteiger partial charge is 0.229 e. The summed E-state index contributed by atoms with van der Waals surface area (Å²) in [6.07, 6.45) is 1.85. The number of carbonyl (C=O) groups excluding carboxylic acids is 1. The molecule has 2 N–H and O–H groups in total.